The number of aromatic nitrogens is 2. The second-order valence-corrected chi connectivity index (χ2v) is 3.17. The molecule has 1 N–H and O–H groups in total. The number of carboxylic acid groups (broad SMARTS) is 1. The van der Waals surface area contributed by atoms with Gasteiger partial charge in [-0.3, -0.25) is 4.79 Å². The monoisotopic (exact) mass is 190 g/mol. The molecule has 0 amide bonds. The maximum atomic E-state index is 10.8. The van der Waals surface area contributed by atoms with Crippen LogP contribution in [0.4, 0.5) is 0 Å². The molecule has 0 spiro atoms. The molecule has 1 atom stereocenters. The highest BCUT2D eigenvalue weighted by Crippen LogP contribution is 2.16. The van der Waals surface area contributed by atoms with Crippen molar-refractivity contribution in [3.05, 3.63) is 36.3 Å². The van der Waals surface area contributed by atoms with E-state index in [1.165, 1.54) is 0 Å². The van der Waals surface area contributed by atoms with Crippen LogP contribution in [-0.4, -0.2) is 20.5 Å². The fourth-order valence-electron chi connectivity index (χ4n) is 1.45. The van der Waals surface area contributed by atoms with Crippen LogP contribution in [0.2, 0.25) is 0 Å². The number of rotatable bonds is 2. The molecule has 0 saturated carbocycles. The third-order valence-electron chi connectivity index (χ3n) is 2.27. The van der Waals surface area contributed by atoms with E-state index in [9.17, 15) is 4.79 Å². The van der Waals surface area contributed by atoms with Gasteiger partial charge in [0.05, 0.1) is 5.92 Å². The predicted octanol–water partition coefficient (Wildman–Crippen LogP) is 1.52. The number of nitrogens with zero attached hydrogens (tertiary/aromatic N) is 2. The molecule has 2 aromatic heterocycles. The normalized spacial score (nSPS) is 12.9. The minimum Gasteiger partial charge on any atom is -0.481 e. The summed E-state index contributed by atoms with van der Waals surface area (Å²) in [6, 6.07) is 5.46. The van der Waals surface area contributed by atoms with Gasteiger partial charge in [-0.2, -0.15) is 0 Å². The first kappa shape index (κ1) is 8.74. The Morgan fingerprint density at radius 1 is 1.57 bits per heavy atom. The molecule has 0 saturated heterocycles. The Balaban J connectivity index is 2.61. The van der Waals surface area contributed by atoms with Crippen molar-refractivity contribution in [3.63, 3.8) is 0 Å². The summed E-state index contributed by atoms with van der Waals surface area (Å²) in [4.78, 5) is 14.9. The summed E-state index contributed by atoms with van der Waals surface area (Å²) >= 11 is 0. The summed E-state index contributed by atoms with van der Waals surface area (Å²) in [5, 5.41) is 8.90. The number of hydrogen-bond donors (Lipinski definition) is 1. The van der Waals surface area contributed by atoms with Gasteiger partial charge < -0.3 is 9.51 Å². The van der Waals surface area contributed by atoms with Crippen molar-refractivity contribution in [2.45, 2.75) is 12.8 Å². The molecule has 2 aromatic rings. The Morgan fingerprint density at radius 3 is 3.07 bits per heavy atom. The minimum atomic E-state index is -0.828. The van der Waals surface area contributed by atoms with Crippen molar-refractivity contribution in [1.82, 2.24) is 9.38 Å². The van der Waals surface area contributed by atoms with E-state index in [0.29, 0.717) is 0 Å². The van der Waals surface area contributed by atoms with Gasteiger partial charge in [0.1, 0.15) is 5.65 Å². The molecule has 0 bridgehead atoms. The van der Waals surface area contributed by atoms with Gasteiger partial charge in [-0.25, -0.2) is 4.98 Å². The minimum absolute atomic E-state index is 0.520. The van der Waals surface area contributed by atoms with Gasteiger partial charge in [0.15, 0.2) is 0 Å². The number of aliphatic carboxylic acids is 1. The molecule has 2 heterocycles. The average molecular weight is 190 g/mol. The van der Waals surface area contributed by atoms with Crippen LogP contribution in [0.1, 0.15) is 18.5 Å². The molecule has 4 nitrogen and oxygen atoms in total. The Bertz CT molecular complexity index is 476. The van der Waals surface area contributed by atoms with Crippen molar-refractivity contribution in [2.75, 3.05) is 0 Å². The number of imidazole rings is 1. The molecule has 0 aliphatic carbocycles. The number of carboxylic acids is 1. The highest BCUT2D eigenvalue weighted by molar-refractivity contribution is 5.75. The van der Waals surface area contributed by atoms with E-state index in [1.807, 2.05) is 12.1 Å². The molecule has 4 heteroatoms. The van der Waals surface area contributed by atoms with Crippen molar-refractivity contribution in [1.29, 1.82) is 0 Å². The standard InChI is InChI=1S/C10H10N2O2/c1-7(10(13)14)8-3-2-4-9-11-5-6-12(8)9/h2-7H,1H3,(H,13,14). The first-order valence-corrected chi connectivity index (χ1v) is 4.35. The van der Waals surface area contributed by atoms with E-state index >= 15 is 0 Å². The van der Waals surface area contributed by atoms with Gasteiger partial charge in [0.2, 0.25) is 0 Å². The fourth-order valence-corrected chi connectivity index (χ4v) is 1.45. The molecule has 0 aromatic carbocycles. The lowest BCUT2D eigenvalue weighted by atomic mass is 10.1. The first-order chi connectivity index (χ1) is 6.70. The van der Waals surface area contributed by atoms with Crippen LogP contribution < -0.4 is 0 Å². The fraction of sp³-hybridized carbons (Fsp3) is 0.200. The largest absolute Gasteiger partial charge is 0.481 e. The lowest BCUT2D eigenvalue weighted by Gasteiger charge is -2.08. The lowest BCUT2D eigenvalue weighted by Crippen LogP contribution is -2.11. The van der Waals surface area contributed by atoms with Gasteiger partial charge in [0.25, 0.3) is 0 Å². The Morgan fingerprint density at radius 2 is 2.36 bits per heavy atom. The van der Waals surface area contributed by atoms with Gasteiger partial charge in [-0.05, 0) is 19.1 Å². The Kier molecular flexibility index (Phi) is 1.96. The summed E-state index contributed by atoms with van der Waals surface area (Å²) in [7, 11) is 0. The summed E-state index contributed by atoms with van der Waals surface area (Å²) < 4.78 is 1.79. The van der Waals surface area contributed by atoms with Crippen molar-refractivity contribution >= 4 is 11.6 Å². The molecular formula is C10H10N2O2. The van der Waals surface area contributed by atoms with Gasteiger partial charge in [-0.1, -0.05) is 6.07 Å². The molecule has 72 valence electrons. The summed E-state index contributed by atoms with van der Waals surface area (Å²) in [5.74, 6) is -1.35. The molecule has 0 radical (unpaired) electrons. The van der Waals surface area contributed by atoms with Crippen molar-refractivity contribution in [3.8, 4) is 0 Å². The zero-order valence-electron chi connectivity index (χ0n) is 7.71. The molecule has 0 aliphatic rings. The van der Waals surface area contributed by atoms with E-state index in [2.05, 4.69) is 4.98 Å². The highest BCUT2D eigenvalue weighted by Gasteiger charge is 2.16. The van der Waals surface area contributed by atoms with Crippen LogP contribution in [0.15, 0.2) is 30.6 Å². The van der Waals surface area contributed by atoms with Crippen LogP contribution in [-0.2, 0) is 4.79 Å². The SMILES string of the molecule is CC(C(=O)O)c1cccc2nccn12. The van der Waals surface area contributed by atoms with Crippen LogP contribution in [0.5, 0.6) is 0 Å². The predicted molar refractivity (Wildman–Crippen MR) is 51.2 cm³/mol. The third kappa shape index (κ3) is 1.25. The zero-order valence-corrected chi connectivity index (χ0v) is 7.71. The summed E-state index contributed by atoms with van der Waals surface area (Å²) in [6.07, 6.45) is 3.43. The lowest BCUT2D eigenvalue weighted by molar-refractivity contribution is -0.138. The smallest absolute Gasteiger partial charge is 0.312 e. The van der Waals surface area contributed by atoms with E-state index < -0.39 is 11.9 Å². The molecule has 2 rings (SSSR count). The zero-order chi connectivity index (χ0) is 10.1. The first-order valence-electron chi connectivity index (χ1n) is 4.35. The Labute approximate surface area is 80.8 Å². The second-order valence-electron chi connectivity index (χ2n) is 3.17. The van der Waals surface area contributed by atoms with Gasteiger partial charge >= 0.3 is 5.97 Å². The quantitative estimate of drug-likeness (QED) is 0.781. The van der Waals surface area contributed by atoms with Crippen LogP contribution in [0.25, 0.3) is 5.65 Å². The van der Waals surface area contributed by atoms with E-state index in [0.717, 1.165) is 11.3 Å². The number of hydrogen-bond acceptors (Lipinski definition) is 2. The highest BCUT2D eigenvalue weighted by atomic mass is 16.4. The van der Waals surface area contributed by atoms with Gasteiger partial charge in [-0.15, -0.1) is 0 Å². The van der Waals surface area contributed by atoms with Crippen molar-refractivity contribution < 1.29 is 9.90 Å². The average Bonchev–Trinajstić information content (AvgIpc) is 2.63. The maximum Gasteiger partial charge on any atom is 0.312 e. The summed E-state index contributed by atoms with van der Waals surface area (Å²) in [5.41, 5.74) is 1.52. The van der Waals surface area contributed by atoms with Crippen molar-refractivity contribution in [2.24, 2.45) is 0 Å². The van der Waals surface area contributed by atoms with Gasteiger partial charge in [0, 0.05) is 18.1 Å². The van der Waals surface area contributed by atoms with E-state index in [-0.39, 0.29) is 0 Å². The number of carbonyl (C=O) groups is 1. The number of fused-ring (bicyclic) bond motifs is 1. The van der Waals surface area contributed by atoms with Crippen LogP contribution in [0.3, 0.4) is 0 Å². The van der Waals surface area contributed by atoms with Crippen LogP contribution >= 0.6 is 0 Å². The second kappa shape index (κ2) is 3.14. The molecule has 0 aliphatic heterocycles. The number of pyridine rings is 1. The molecular weight excluding hydrogens is 180 g/mol. The Hall–Kier alpha value is -1.84. The summed E-state index contributed by atoms with van der Waals surface area (Å²) in [6.45, 7) is 1.66. The van der Waals surface area contributed by atoms with E-state index in [4.69, 9.17) is 5.11 Å². The third-order valence-corrected chi connectivity index (χ3v) is 2.27. The van der Waals surface area contributed by atoms with Crippen LogP contribution in [0, 0.1) is 0 Å². The molecule has 14 heavy (non-hydrogen) atoms. The maximum absolute atomic E-state index is 10.8. The molecule has 1 unspecified atom stereocenters. The molecule has 0 fully saturated rings. The van der Waals surface area contributed by atoms with E-state index in [1.54, 1.807) is 29.8 Å². The topological polar surface area (TPSA) is 54.6 Å².